The Labute approximate surface area is 84.2 Å². The van der Waals surface area contributed by atoms with Crippen molar-refractivity contribution in [1.82, 2.24) is 0 Å². The Morgan fingerprint density at radius 2 is 1.73 bits per heavy atom. The molecule has 0 unspecified atom stereocenters. The van der Waals surface area contributed by atoms with Gasteiger partial charge >= 0.3 is 6.18 Å². The van der Waals surface area contributed by atoms with Crippen LogP contribution < -0.4 is 0 Å². The van der Waals surface area contributed by atoms with Crippen LogP contribution in [-0.2, 0) is 6.18 Å². The zero-order chi connectivity index (χ0) is 10.9. The molecule has 78 valence electrons. The first kappa shape index (κ1) is 9.89. The second kappa shape index (κ2) is 3.49. The van der Waals surface area contributed by atoms with Gasteiger partial charge in [0.15, 0.2) is 6.17 Å². The van der Waals surface area contributed by atoms with Gasteiger partial charge in [0.05, 0.1) is 5.56 Å². The van der Waals surface area contributed by atoms with E-state index < -0.39 is 17.9 Å². The molecule has 0 radical (unpaired) electrons. The zero-order valence-corrected chi connectivity index (χ0v) is 7.57. The lowest BCUT2D eigenvalue weighted by Gasteiger charge is -2.09. The summed E-state index contributed by atoms with van der Waals surface area (Å²) < 4.78 is 37.1. The first-order valence-corrected chi connectivity index (χ1v) is 4.29. The van der Waals surface area contributed by atoms with E-state index in [9.17, 15) is 13.2 Å². The third-order valence-corrected chi connectivity index (χ3v) is 2.03. The van der Waals surface area contributed by atoms with Crippen molar-refractivity contribution in [1.29, 1.82) is 0 Å². The average Bonchev–Trinajstić information content (AvgIpc) is 2.69. The Bertz CT molecular complexity index is 409. The number of aliphatic imine (C=N–C) groups is 2. The lowest BCUT2D eigenvalue weighted by atomic mass is 10.1. The van der Waals surface area contributed by atoms with Crippen LogP contribution >= 0.6 is 0 Å². The molecule has 2 nitrogen and oxygen atoms in total. The van der Waals surface area contributed by atoms with Gasteiger partial charge in [0.1, 0.15) is 0 Å². The van der Waals surface area contributed by atoms with E-state index in [2.05, 4.69) is 9.98 Å². The molecule has 2 rings (SSSR count). The molecule has 0 atom stereocenters. The van der Waals surface area contributed by atoms with Gasteiger partial charge in [0, 0.05) is 12.4 Å². The summed E-state index contributed by atoms with van der Waals surface area (Å²) in [5.41, 5.74) is -0.216. The number of rotatable bonds is 1. The normalized spacial score (nSPS) is 16.2. The van der Waals surface area contributed by atoms with Gasteiger partial charge in [-0.1, -0.05) is 12.1 Å². The highest BCUT2D eigenvalue weighted by Crippen LogP contribution is 2.31. The maximum atomic E-state index is 12.4. The van der Waals surface area contributed by atoms with Gasteiger partial charge in [0.25, 0.3) is 0 Å². The van der Waals surface area contributed by atoms with Crippen LogP contribution in [0.5, 0.6) is 0 Å². The molecular formula is C10H7F3N2. The number of nitrogens with zero attached hydrogens (tertiary/aromatic N) is 2. The first-order valence-electron chi connectivity index (χ1n) is 4.29. The van der Waals surface area contributed by atoms with Crippen LogP contribution in [0, 0.1) is 0 Å². The molecule has 0 aromatic heterocycles. The largest absolute Gasteiger partial charge is 0.416 e. The summed E-state index contributed by atoms with van der Waals surface area (Å²) >= 11 is 0. The predicted molar refractivity (Wildman–Crippen MR) is 51.2 cm³/mol. The van der Waals surface area contributed by atoms with Crippen molar-refractivity contribution >= 4 is 12.4 Å². The summed E-state index contributed by atoms with van der Waals surface area (Å²) in [6.07, 6.45) is -1.88. The van der Waals surface area contributed by atoms with E-state index in [1.54, 1.807) is 6.07 Å². The molecule has 1 aromatic carbocycles. The molecule has 1 aliphatic heterocycles. The van der Waals surface area contributed by atoms with Crippen molar-refractivity contribution in [2.75, 3.05) is 0 Å². The smallest absolute Gasteiger partial charge is 0.260 e. The topological polar surface area (TPSA) is 24.7 Å². The van der Waals surface area contributed by atoms with E-state index in [1.165, 1.54) is 18.5 Å². The summed E-state index contributed by atoms with van der Waals surface area (Å²) in [5, 5.41) is 0. The molecule has 0 saturated carbocycles. The number of benzene rings is 1. The number of hydrogen-bond donors (Lipinski definition) is 0. The first-order chi connectivity index (χ1) is 7.07. The number of alkyl halides is 3. The average molecular weight is 212 g/mol. The van der Waals surface area contributed by atoms with Crippen molar-refractivity contribution in [3.8, 4) is 0 Å². The quantitative estimate of drug-likeness (QED) is 0.683. The number of halogens is 3. The van der Waals surface area contributed by atoms with Crippen molar-refractivity contribution in [3.63, 3.8) is 0 Å². The van der Waals surface area contributed by atoms with E-state index in [0.29, 0.717) is 5.56 Å². The van der Waals surface area contributed by atoms with Gasteiger partial charge in [0.2, 0.25) is 0 Å². The van der Waals surface area contributed by atoms with Crippen LogP contribution in [0.15, 0.2) is 34.3 Å². The highest BCUT2D eigenvalue weighted by molar-refractivity contribution is 6.17. The molecule has 1 aromatic rings. The van der Waals surface area contributed by atoms with E-state index in [0.717, 1.165) is 12.1 Å². The van der Waals surface area contributed by atoms with Crippen molar-refractivity contribution in [3.05, 3.63) is 35.4 Å². The van der Waals surface area contributed by atoms with Crippen LogP contribution in [0.25, 0.3) is 0 Å². The molecule has 1 heterocycles. The van der Waals surface area contributed by atoms with Crippen LogP contribution in [-0.4, -0.2) is 12.4 Å². The molecule has 0 bridgehead atoms. The second-order valence-electron chi connectivity index (χ2n) is 3.09. The van der Waals surface area contributed by atoms with Crippen molar-refractivity contribution in [2.24, 2.45) is 9.98 Å². The third kappa shape index (κ3) is 2.06. The maximum Gasteiger partial charge on any atom is 0.416 e. The fourth-order valence-electron chi connectivity index (χ4n) is 1.33. The third-order valence-electron chi connectivity index (χ3n) is 2.03. The molecular weight excluding hydrogens is 205 g/mol. The molecule has 1 aliphatic rings. The van der Waals surface area contributed by atoms with Gasteiger partial charge in [-0.3, -0.25) is 9.98 Å². The Morgan fingerprint density at radius 1 is 1.07 bits per heavy atom. The maximum absolute atomic E-state index is 12.4. The summed E-state index contributed by atoms with van der Waals surface area (Å²) in [5.74, 6) is 0. The molecule has 0 amide bonds. The summed E-state index contributed by atoms with van der Waals surface area (Å²) in [6, 6.07) is 5.05. The second-order valence-corrected chi connectivity index (χ2v) is 3.09. The lowest BCUT2D eigenvalue weighted by molar-refractivity contribution is -0.137. The van der Waals surface area contributed by atoms with Gasteiger partial charge in [-0.15, -0.1) is 0 Å². The highest BCUT2D eigenvalue weighted by Gasteiger charge is 2.30. The molecule has 0 spiro atoms. The van der Waals surface area contributed by atoms with Gasteiger partial charge in [-0.2, -0.15) is 13.2 Å². The van der Waals surface area contributed by atoms with Gasteiger partial charge in [-0.25, -0.2) is 0 Å². The Balaban J connectivity index is 2.34. The Kier molecular flexibility index (Phi) is 2.30. The minimum Gasteiger partial charge on any atom is -0.260 e. The lowest BCUT2D eigenvalue weighted by Crippen LogP contribution is -2.05. The molecule has 0 fully saturated rings. The Morgan fingerprint density at radius 3 is 2.33 bits per heavy atom. The van der Waals surface area contributed by atoms with Gasteiger partial charge < -0.3 is 0 Å². The summed E-state index contributed by atoms with van der Waals surface area (Å²) in [6.45, 7) is 0. The minimum atomic E-state index is -4.32. The standard InChI is InChI=1S/C10H7F3N2/c11-10(12,13)8-3-1-2-7(6-8)9-14-4-5-15-9/h1-6,9H. The van der Waals surface area contributed by atoms with E-state index in [-0.39, 0.29) is 0 Å². The van der Waals surface area contributed by atoms with E-state index in [1.807, 2.05) is 0 Å². The van der Waals surface area contributed by atoms with Crippen LogP contribution in [0.1, 0.15) is 17.3 Å². The van der Waals surface area contributed by atoms with E-state index in [4.69, 9.17) is 0 Å². The van der Waals surface area contributed by atoms with Crippen LogP contribution in [0.3, 0.4) is 0 Å². The SMILES string of the molecule is FC(F)(F)c1cccc(C2N=CC=N2)c1. The molecule has 15 heavy (non-hydrogen) atoms. The fourth-order valence-corrected chi connectivity index (χ4v) is 1.33. The summed E-state index contributed by atoms with van der Waals surface area (Å²) in [4.78, 5) is 7.83. The predicted octanol–water partition coefficient (Wildman–Crippen LogP) is 2.86. The van der Waals surface area contributed by atoms with Gasteiger partial charge in [-0.05, 0) is 17.7 Å². The summed E-state index contributed by atoms with van der Waals surface area (Å²) in [7, 11) is 0. The van der Waals surface area contributed by atoms with Crippen molar-refractivity contribution in [2.45, 2.75) is 12.3 Å². The Hall–Kier alpha value is -1.65. The fraction of sp³-hybridized carbons (Fsp3) is 0.200. The number of hydrogen-bond acceptors (Lipinski definition) is 2. The zero-order valence-electron chi connectivity index (χ0n) is 7.57. The molecule has 0 N–H and O–H groups in total. The monoisotopic (exact) mass is 212 g/mol. The van der Waals surface area contributed by atoms with E-state index >= 15 is 0 Å². The van der Waals surface area contributed by atoms with Crippen LogP contribution in [0.2, 0.25) is 0 Å². The molecule has 0 aliphatic carbocycles. The highest BCUT2D eigenvalue weighted by atomic mass is 19.4. The molecule has 0 saturated heterocycles. The molecule has 5 heteroatoms. The van der Waals surface area contributed by atoms with Crippen molar-refractivity contribution < 1.29 is 13.2 Å². The minimum absolute atomic E-state index is 0.454. The van der Waals surface area contributed by atoms with Crippen LogP contribution in [0.4, 0.5) is 13.2 Å².